The van der Waals surface area contributed by atoms with Gasteiger partial charge in [0.1, 0.15) is 19.8 Å². The van der Waals surface area contributed by atoms with Crippen molar-refractivity contribution in [3.8, 4) is 0 Å². The number of hydrogen-bond donors (Lipinski definition) is 1. The zero-order valence-corrected chi connectivity index (χ0v) is 42.6. The third kappa shape index (κ3) is 48.9. The van der Waals surface area contributed by atoms with Crippen LogP contribution in [0.15, 0.2) is 72.9 Å². The Kier molecular flexibility index (Phi) is 43.8. The highest BCUT2D eigenvalue weighted by atomic mass is 31.2. The van der Waals surface area contributed by atoms with E-state index >= 15 is 0 Å². The highest BCUT2D eigenvalue weighted by Crippen LogP contribution is 2.43. The third-order valence-corrected chi connectivity index (χ3v) is 11.7. The van der Waals surface area contributed by atoms with Gasteiger partial charge in [0.2, 0.25) is 0 Å². The van der Waals surface area contributed by atoms with Gasteiger partial charge in [-0.25, -0.2) is 4.57 Å². The minimum atomic E-state index is -4.39. The fraction of sp³-hybridized carbons (Fsp3) is 0.741. The van der Waals surface area contributed by atoms with Crippen molar-refractivity contribution in [2.45, 2.75) is 213 Å². The van der Waals surface area contributed by atoms with Crippen molar-refractivity contribution in [2.75, 3.05) is 47.5 Å². The molecule has 370 valence electrons. The number of nitrogens with zero attached hydrogens (tertiary/aromatic N) is 1. The van der Waals surface area contributed by atoms with E-state index in [0.717, 1.165) is 70.6 Å². The average Bonchev–Trinajstić information content (AvgIpc) is 3.25. The van der Waals surface area contributed by atoms with E-state index in [9.17, 15) is 19.0 Å². The second kappa shape index (κ2) is 45.6. The maximum atomic E-state index is 12.7. The first-order chi connectivity index (χ1) is 31.0. The Morgan fingerprint density at radius 2 is 0.891 bits per heavy atom. The minimum Gasteiger partial charge on any atom is -0.462 e. The molecule has 0 fully saturated rings. The average molecular weight is 919 g/mol. The maximum Gasteiger partial charge on any atom is 0.472 e. The van der Waals surface area contributed by atoms with Crippen LogP contribution in [0.2, 0.25) is 0 Å². The lowest BCUT2D eigenvalue weighted by Gasteiger charge is -2.24. The largest absolute Gasteiger partial charge is 0.472 e. The summed E-state index contributed by atoms with van der Waals surface area (Å²) in [5, 5.41) is 0. The Bertz CT molecular complexity index is 1310. The predicted octanol–water partition coefficient (Wildman–Crippen LogP) is 15.4. The highest BCUT2D eigenvalue weighted by molar-refractivity contribution is 7.47. The van der Waals surface area contributed by atoms with Gasteiger partial charge in [0.15, 0.2) is 6.10 Å². The number of unbranched alkanes of at least 4 members (excludes halogenated alkanes) is 20. The quantitative estimate of drug-likeness (QED) is 0.0211. The highest BCUT2D eigenvalue weighted by Gasteiger charge is 2.27. The van der Waals surface area contributed by atoms with Gasteiger partial charge in [-0.2, -0.15) is 0 Å². The molecule has 0 saturated heterocycles. The molecule has 0 spiro atoms. The molecule has 0 aromatic heterocycles. The van der Waals surface area contributed by atoms with Gasteiger partial charge in [0.25, 0.3) is 0 Å². The Morgan fingerprint density at radius 1 is 0.500 bits per heavy atom. The fourth-order valence-corrected chi connectivity index (χ4v) is 7.48. The van der Waals surface area contributed by atoms with Crippen LogP contribution in [-0.2, 0) is 32.7 Å². The van der Waals surface area contributed by atoms with Gasteiger partial charge in [0, 0.05) is 12.8 Å². The van der Waals surface area contributed by atoms with Crippen LogP contribution in [-0.4, -0.2) is 74.9 Å². The van der Waals surface area contributed by atoms with Gasteiger partial charge in [-0.1, -0.05) is 183 Å². The van der Waals surface area contributed by atoms with Crippen LogP contribution in [0, 0.1) is 0 Å². The molecule has 0 heterocycles. The number of hydrogen-bond acceptors (Lipinski definition) is 7. The van der Waals surface area contributed by atoms with E-state index in [1.54, 1.807) is 0 Å². The van der Waals surface area contributed by atoms with E-state index in [4.69, 9.17) is 18.5 Å². The molecule has 9 nitrogen and oxygen atoms in total. The molecule has 0 aliphatic rings. The van der Waals surface area contributed by atoms with Crippen molar-refractivity contribution in [3.05, 3.63) is 72.9 Å². The standard InChI is InChI=1S/C54H96NO8P/c1-6-8-10-12-14-16-18-20-22-24-26-27-29-30-32-34-36-38-40-42-44-46-53(56)60-50-52(51-62-64(58,59)61-49-48-55(3,4)5)63-54(57)47-45-43-41-39-37-35-33-31-28-25-23-21-19-17-15-13-11-9-7-2/h9,11,15,17,20-23,28,31,35,37,52H,6-8,10,12-14,16,18-19,24-27,29-30,32-34,36,38-51H2,1-5H3/p+1/b11-9-,17-15-,22-20-,23-21-,31-28-,37-35-/t52-/m1/s1. The van der Waals surface area contributed by atoms with E-state index in [1.165, 1.54) is 103 Å². The van der Waals surface area contributed by atoms with Crippen LogP contribution in [0.5, 0.6) is 0 Å². The molecule has 0 rings (SSSR count). The number of phosphoric acid groups is 1. The second-order valence-electron chi connectivity index (χ2n) is 18.2. The molecule has 0 aromatic carbocycles. The van der Waals surface area contributed by atoms with E-state index in [1.807, 2.05) is 21.1 Å². The summed E-state index contributed by atoms with van der Waals surface area (Å²) in [4.78, 5) is 35.5. The Hall–Kier alpha value is -2.55. The molecule has 2 atom stereocenters. The van der Waals surface area contributed by atoms with Crippen LogP contribution in [0.4, 0.5) is 0 Å². The van der Waals surface area contributed by atoms with Gasteiger partial charge in [-0.05, 0) is 83.5 Å². The van der Waals surface area contributed by atoms with Crippen molar-refractivity contribution in [3.63, 3.8) is 0 Å². The first kappa shape index (κ1) is 61.5. The van der Waals surface area contributed by atoms with Crippen molar-refractivity contribution in [1.82, 2.24) is 0 Å². The Morgan fingerprint density at radius 3 is 1.36 bits per heavy atom. The Balaban J connectivity index is 4.31. The summed E-state index contributed by atoms with van der Waals surface area (Å²) in [6, 6.07) is 0. The van der Waals surface area contributed by atoms with Crippen LogP contribution < -0.4 is 0 Å². The number of ether oxygens (including phenoxy) is 2. The summed E-state index contributed by atoms with van der Waals surface area (Å²) >= 11 is 0. The molecule has 0 bridgehead atoms. The first-order valence-corrected chi connectivity index (χ1v) is 27.2. The lowest BCUT2D eigenvalue weighted by Crippen LogP contribution is -2.37. The van der Waals surface area contributed by atoms with Crippen LogP contribution in [0.3, 0.4) is 0 Å². The van der Waals surface area contributed by atoms with Gasteiger partial charge in [-0.15, -0.1) is 0 Å². The number of carbonyl (C=O) groups excluding carboxylic acids is 2. The molecule has 0 aliphatic heterocycles. The fourth-order valence-electron chi connectivity index (χ4n) is 6.74. The zero-order chi connectivity index (χ0) is 47.1. The molecule has 0 amide bonds. The van der Waals surface area contributed by atoms with Crippen molar-refractivity contribution in [2.24, 2.45) is 0 Å². The molecule has 0 aromatic rings. The molecular weight excluding hydrogens is 822 g/mol. The molecular formula is C54H97NO8P+. The monoisotopic (exact) mass is 919 g/mol. The summed E-state index contributed by atoms with van der Waals surface area (Å²) in [6.45, 7) is 4.27. The number of esters is 2. The molecule has 64 heavy (non-hydrogen) atoms. The second-order valence-corrected chi connectivity index (χ2v) is 19.6. The summed E-state index contributed by atoms with van der Waals surface area (Å²) in [6.07, 6.45) is 58.1. The lowest BCUT2D eigenvalue weighted by molar-refractivity contribution is -0.870. The van der Waals surface area contributed by atoms with Crippen molar-refractivity contribution >= 4 is 19.8 Å². The number of allylic oxidation sites excluding steroid dienone is 12. The van der Waals surface area contributed by atoms with Crippen LogP contribution in [0.1, 0.15) is 206 Å². The van der Waals surface area contributed by atoms with Gasteiger partial charge < -0.3 is 18.9 Å². The molecule has 1 N–H and O–H groups in total. The van der Waals surface area contributed by atoms with E-state index in [0.29, 0.717) is 17.4 Å². The third-order valence-electron chi connectivity index (χ3n) is 10.7. The number of likely N-dealkylation sites (N-methyl/N-ethyl adjacent to an activating group) is 1. The van der Waals surface area contributed by atoms with Crippen molar-refractivity contribution < 1.29 is 42.1 Å². The Labute approximate surface area is 393 Å². The predicted molar refractivity (Wildman–Crippen MR) is 270 cm³/mol. The first-order valence-electron chi connectivity index (χ1n) is 25.7. The molecule has 0 saturated carbocycles. The lowest BCUT2D eigenvalue weighted by atomic mass is 10.0. The van der Waals surface area contributed by atoms with Crippen molar-refractivity contribution in [1.29, 1.82) is 0 Å². The normalized spacial score (nSPS) is 14.0. The summed E-state index contributed by atoms with van der Waals surface area (Å²) < 4.78 is 34.4. The number of phosphoric ester groups is 1. The topological polar surface area (TPSA) is 108 Å². The zero-order valence-electron chi connectivity index (χ0n) is 41.7. The molecule has 1 unspecified atom stereocenters. The maximum absolute atomic E-state index is 12.7. The van der Waals surface area contributed by atoms with E-state index in [-0.39, 0.29) is 32.0 Å². The van der Waals surface area contributed by atoms with Gasteiger partial charge in [-0.3, -0.25) is 18.6 Å². The summed E-state index contributed by atoms with van der Waals surface area (Å²) in [5.41, 5.74) is 0. The molecule has 10 heteroatoms. The number of rotatable bonds is 46. The van der Waals surface area contributed by atoms with Crippen LogP contribution >= 0.6 is 7.82 Å². The number of carbonyl (C=O) groups is 2. The number of quaternary nitrogens is 1. The molecule has 0 aliphatic carbocycles. The minimum absolute atomic E-state index is 0.0218. The summed E-state index contributed by atoms with van der Waals surface area (Å²) in [7, 11) is 1.45. The van der Waals surface area contributed by atoms with Crippen LogP contribution in [0.25, 0.3) is 0 Å². The SMILES string of the molecule is CC/C=C\C/C=C\C/C=C\C/C=C\C/C=C\CCCCCC(=O)O[C@H](COC(=O)CCCCCCCCCCCCC/C=C\CCCCCCCC)COP(=O)(O)OCC[N+](C)(C)C. The van der Waals surface area contributed by atoms with E-state index < -0.39 is 26.5 Å². The van der Waals surface area contributed by atoms with Gasteiger partial charge in [0.05, 0.1) is 27.7 Å². The van der Waals surface area contributed by atoms with Gasteiger partial charge >= 0.3 is 19.8 Å². The summed E-state index contributed by atoms with van der Waals surface area (Å²) in [5.74, 6) is -0.837. The van der Waals surface area contributed by atoms with E-state index in [2.05, 4.69) is 86.8 Å². The molecule has 0 radical (unpaired) electrons. The smallest absolute Gasteiger partial charge is 0.462 e.